The van der Waals surface area contributed by atoms with Crippen molar-refractivity contribution in [1.82, 2.24) is 0 Å². The molecule has 5 nitrogen and oxygen atoms in total. The number of hydrogen-bond acceptors (Lipinski definition) is 5. The zero-order chi connectivity index (χ0) is 28.5. The molecule has 2 saturated carbocycles. The van der Waals surface area contributed by atoms with Gasteiger partial charge < -0.3 is 9.29 Å². The molecule has 0 aromatic heterocycles. The zero-order valence-electron chi connectivity index (χ0n) is 23.3. The average Bonchev–Trinajstić information content (AvgIpc) is 3.19. The lowest BCUT2D eigenvalue weighted by molar-refractivity contribution is -0.128. The highest BCUT2D eigenvalue weighted by molar-refractivity contribution is 7.97. The molecule has 5 rings (SSSR count). The van der Waals surface area contributed by atoms with Crippen LogP contribution in [0.3, 0.4) is 0 Å². The Morgan fingerprint density at radius 2 is 1.36 bits per heavy atom. The summed E-state index contributed by atoms with van der Waals surface area (Å²) in [7, 11) is -4.43. The van der Waals surface area contributed by atoms with Crippen molar-refractivity contribution in [3.63, 3.8) is 0 Å². The van der Waals surface area contributed by atoms with Crippen molar-refractivity contribution in [2.75, 3.05) is 5.75 Å². The van der Waals surface area contributed by atoms with Crippen LogP contribution in [-0.4, -0.2) is 30.1 Å². The van der Waals surface area contributed by atoms with Crippen LogP contribution in [0.1, 0.15) is 53.9 Å². The number of ketones is 1. The number of hydrogen-bond donors (Lipinski definition) is 0. The molecule has 0 aliphatic heterocycles. The number of ether oxygens (including phenoxy) is 1. The molecule has 2 unspecified atom stereocenters. The molecule has 3 aromatic carbocycles. The Kier molecular flexibility index (Phi) is 8.36. The van der Waals surface area contributed by atoms with Gasteiger partial charge in [-0.1, -0.05) is 50.2 Å². The Morgan fingerprint density at radius 3 is 1.74 bits per heavy atom. The van der Waals surface area contributed by atoms with Gasteiger partial charge in [0, 0.05) is 11.8 Å². The van der Waals surface area contributed by atoms with Crippen LogP contribution in [0.2, 0.25) is 0 Å². The van der Waals surface area contributed by atoms with Crippen LogP contribution in [0.25, 0.3) is 0 Å². The van der Waals surface area contributed by atoms with E-state index in [1.54, 1.807) is 0 Å². The van der Waals surface area contributed by atoms with Gasteiger partial charge in [-0.3, -0.25) is 4.79 Å². The zero-order valence-corrected chi connectivity index (χ0v) is 25.0. The predicted octanol–water partition coefficient (Wildman–Crippen LogP) is 6.89. The highest BCUT2D eigenvalue weighted by Crippen LogP contribution is 2.64. The third kappa shape index (κ3) is 6.59. The van der Waals surface area contributed by atoms with E-state index in [9.17, 15) is 17.8 Å². The first-order valence-corrected chi connectivity index (χ1v) is 16.1. The Bertz CT molecular complexity index is 1340. The van der Waals surface area contributed by atoms with E-state index in [0.29, 0.717) is 12.8 Å². The fraction of sp³-hybridized carbons (Fsp3) is 0.406. The number of carbonyl (C=O) groups is 1. The van der Waals surface area contributed by atoms with Crippen molar-refractivity contribution in [1.29, 1.82) is 0 Å². The monoisotopic (exact) mass is 566 g/mol. The topological polar surface area (TPSA) is 83.5 Å². The summed E-state index contributed by atoms with van der Waals surface area (Å²) in [5, 5.41) is 0. The van der Waals surface area contributed by atoms with Crippen molar-refractivity contribution in [2.45, 2.75) is 74.2 Å². The van der Waals surface area contributed by atoms with Gasteiger partial charge in [-0.25, -0.2) is 8.42 Å². The molecule has 39 heavy (non-hydrogen) atoms. The number of rotatable bonds is 6. The smallest absolute Gasteiger partial charge is 0.166 e. The van der Waals surface area contributed by atoms with Crippen LogP contribution in [0.15, 0.2) is 99.6 Å². The molecular weight excluding hydrogens is 528 g/mol. The summed E-state index contributed by atoms with van der Waals surface area (Å²) in [6, 6.07) is 29.9. The van der Waals surface area contributed by atoms with Crippen molar-refractivity contribution in [3.8, 4) is 5.75 Å². The number of Topliss-reactive ketones (excluding diaryl/α,β-unsaturated/α-hetero) is 1. The van der Waals surface area contributed by atoms with E-state index in [1.165, 1.54) is 14.7 Å². The van der Waals surface area contributed by atoms with Gasteiger partial charge in [0.25, 0.3) is 0 Å². The molecule has 2 atom stereocenters. The van der Waals surface area contributed by atoms with Crippen molar-refractivity contribution in [2.24, 2.45) is 16.7 Å². The molecule has 0 spiro atoms. The minimum Gasteiger partial charge on any atom is -0.748 e. The highest BCUT2D eigenvalue weighted by Gasteiger charge is 2.64. The number of fused-ring (bicyclic) bond motifs is 2. The Hall–Kier alpha value is -2.61. The third-order valence-electron chi connectivity index (χ3n) is 8.00. The Morgan fingerprint density at radius 1 is 0.872 bits per heavy atom. The highest BCUT2D eigenvalue weighted by atomic mass is 32.2. The molecule has 208 valence electrons. The van der Waals surface area contributed by atoms with Gasteiger partial charge in [0.2, 0.25) is 0 Å². The second-order valence-electron chi connectivity index (χ2n) is 12.0. The summed E-state index contributed by atoms with van der Waals surface area (Å²) in [6.45, 7) is 10.0. The molecule has 2 aliphatic carbocycles. The predicted molar refractivity (Wildman–Crippen MR) is 155 cm³/mol. The largest absolute Gasteiger partial charge is 0.748 e. The lowest BCUT2D eigenvalue weighted by Crippen LogP contribution is -2.42. The summed E-state index contributed by atoms with van der Waals surface area (Å²) in [4.78, 5) is 15.8. The maximum absolute atomic E-state index is 11.8. The fourth-order valence-electron chi connectivity index (χ4n) is 5.93. The molecule has 3 aromatic rings. The normalized spacial score (nSPS) is 21.9. The summed E-state index contributed by atoms with van der Waals surface area (Å²) >= 11 is 0. The van der Waals surface area contributed by atoms with E-state index in [0.717, 1.165) is 12.2 Å². The molecule has 0 radical (unpaired) electrons. The van der Waals surface area contributed by atoms with Gasteiger partial charge in [0.1, 0.15) is 17.1 Å². The van der Waals surface area contributed by atoms with Gasteiger partial charge in [-0.05, 0) is 93.5 Å². The Balaban J connectivity index is 0.000000202. The van der Waals surface area contributed by atoms with Crippen LogP contribution in [0.4, 0.5) is 0 Å². The first kappa shape index (κ1) is 29.4. The quantitative estimate of drug-likeness (QED) is 0.240. The van der Waals surface area contributed by atoms with E-state index in [2.05, 4.69) is 106 Å². The van der Waals surface area contributed by atoms with Gasteiger partial charge in [0.15, 0.2) is 14.7 Å². The molecule has 2 bridgehead atoms. The molecule has 0 amide bonds. The lowest BCUT2D eigenvalue weighted by Gasteiger charge is -2.37. The molecular formula is C32H38O5S2. The fourth-order valence-corrected chi connectivity index (χ4v) is 9.29. The van der Waals surface area contributed by atoms with Crippen LogP contribution in [0.5, 0.6) is 5.75 Å². The van der Waals surface area contributed by atoms with Gasteiger partial charge in [-0.15, -0.1) is 0 Å². The SMILES string of the molecule is CC(C)(C)Oc1ccc([S+](c2ccccc2)c2ccccc2)cc1.CC1(C)C2CCC1(CS(=O)(=O)[O-])C(=O)C2. The van der Waals surface area contributed by atoms with Crippen LogP contribution < -0.4 is 4.74 Å². The molecule has 0 N–H and O–H groups in total. The Labute approximate surface area is 236 Å². The first-order valence-electron chi connectivity index (χ1n) is 13.3. The standard InChI is InChI=1S/C22H23OS.C10H16O4S/c1-22(2,3)23-18-14-16-21(17-15-18)24(19-10-6-4-7-11-19)20-12-8-5-9-13-20;1-9(2)7-3-4-10(9,8(11)5-7)6-15(12,13)14/h4-17H,1-3H3;7H,3-6H2,1-2H3,(H,12,13,14)/q+1;/p-1. The van der Waals surface area contributed by atoms with E-state index in [4.69, 9.17) is 4.74 Å². The van der Waals surface area contributed by atoms with Crippen molar-refractivity contribution in [3.05, 3.63) is 84.9 Å². The van der Waals surface area contributed by atoms with Crippen LogP contribution >= 0.6 is 0 Å². The molecule has 0 heterocycles. The molecule has 2 aliphatic rings. The number of carbonyl (C=O) groups excluding carboxylic acids is 1. The summed E-state index contributed by atoms with van der Waals surface area (Å²) in [5.74, 6) is 0.633. The third-order valence-corrected chi connectivity index (χ3v) is 11.1. The van der Waals surface area contributed by atoms with Gasteiger partial charge >= 0.3 is 0 Å². The van der Waals surface area contributed by atoms with E-state index >= 15 is 0 Å². The minimum absolute atomic E-state index is 0.0248. The molecule has 7 heteroatoms. The van der Waals surface area contributed by atoms with Gasteiger partial charge in [0.05, 0.1) is 26.8 Å². The van der Waals surface area contributed by atoms with E-state index in [-0.39, 0.29) is 33.6 Å². The summed E-state index contributed by atoms with van der Waals surface area (Å²) < 4.78 is 38.6. The molecule has 0 saturated heterocycles. The first-order chi connectivity index (χ1) is 18.2. The van der Waals surface area contributed by atoms with Gasteiger partial charge in [-0.2, -0.15) is 0 Å². The maximum atomic E-state index is 11.8. The lowest BCUT2D eigenvalue weighted by atomic mass is 9.70. The second-order valence-corrected chi connectivity index (χ2v) is 15.4. The second kappa shape index (κ2) is 11.1. The summed E-state index contributed by atoms with van der Waals surface area (Å²) in [6.07, 6.45) is 1.88. The van der Waals surface area contributed by atoms with Crippen LogP contribution in [-0.2, 0) is 25.8 Å². The van der Waals surface area contributed by atoms with Crippen molar-refractivity contribution < 1.29 is 22.5 Å². The number of benzene rings is 3. The maximum Gasteiger partial charge on any atom is 0.166 e. The van der Waals surface area contributed by atoms with E-state index in [1.807, 2.05) is 13.8 Å². The van der Waals surface area contributed by atoms with Crippen molar-refractivity contribution >= 4 is 26.8 Å². The van der Waals surface area contributed by atoms with E-state index < -0.39 is 21.3 Å². The summed E-state index contributed by atoms with van der Waals surface area (Å²) in [5.41, 5.74) is -1.40. The minimum atomic E-state index is -4.33. The van der Waals surface area contributed by atoms with Crippen LogP contribution in [0, 0.1) is 16.7 Å². The molecule has 2 fully saturated rings. The average molecular weight is 567 g/mol.